The highest BCUT2D eigenvalue weighted by molar-refractivity contribution is 7.89. The lowest BCUT2D eigenvalue weighted by Crippen LogP contribution is -2.40. The summed E-state index contributed by atoms with van der Waals surface area (Å²) in [5, 5.41) is 0.0154. The van der Waals surface area contributed by atoms with Crippen molar-refractivity contribution in [2.24, 2.45) is 5.92 Å². The van der Waals surface area contributed by atoms with Gasteiger partial charge >= 0.3 is 5.97 Å². The number of sulfonamides is 1. The lowest BCUT2D eigenvalue weighted by molar-refractivity contribution is 0.0459. The largest absolute Gasteiger partial charge is 0.462 e. The zero-order valence-electron chi connectivity index (χ0n) is 13.4. The monoisotopic (exact) mass is 395 g/mol. The van der Waals surface area contributed by atoms with Crippen molar-refractivity contribution in [3.63, 3.8) is 0 Å². The van der Waals surface area contributed by atoms with Crippen LogP contribution >= 0.6 is 23.2 Å². The minimum absolute atomic E-state index is 0.0199. The molecule has 0 radical (unpaired) electrons. The fraction of sp³-hybridized carbons (Fsp3) is 0.533. The predicted molar refractivity (Wildman–Crippen MR) is 91.2 cm³/mol. The molecule has 134 valence electrons. The molecule has 1 heterocycles. The second kappa shape index (κ2) is 8.01. The number of carbonyl (C=O) groups excluding carboxylic acids is 1. The third-order valence-electron chi connectivity index (χ3n) is 3.38. The van der Waals surface area contributed by atoms with Gasteiger partial charge in [-0.2, -0.15) is 4.31 Å². The van der Waals surface area contributed by atoms with Gasteiger partial charge in [0.1, 0.15) is 4.90 Å². The van der Waals surface area contributed by atoms with Gasteiger partial charge in [0, 0.05) is 13.1 Å². The molecule has 0 unspecified atom stereocenters. The SMILES string of the molecule is CC(C)COC(=O)c1cc(S(=O)(=O)N2CCOCC2)c(Cl)cc1Cl. The Kier molecular flexibility index (Phi) is 6.50. The van der Waals surface area contributed by atoms with Crippen molar-refractivity contribution in [3.05, 3.63) is 27.7 Å². The average molecular weight is 396 g/mol. The second-order valence-corrected chi connectivity index (χ2v) is 8.49. The molecule has 9 heteroatoms. The number of esters is 1. The Labute approximate surface area is 151 Å². The summed E-state index contributed by atoms with van der Waals surface area (Å²) >= 11 is 12.1. The Balaban J connectivity index is 2.36. The van der Waals surface area contributed by atoms with E-state index in [4.69, 9.17) is 32.7 Å². The lowest BCUT2D eigenvalue weighted by atomic mass is 10.2. The average Bonchev–Trinajstić information content (AvgIpc) is 2.53. The van der Waals surface area contributed by atoms with Gasteiger partial charge in [-0.3, -0.25) is 0 Å². The molecule has 1 aliphatic rings. The van der Waals surface area contributed by atoms with Crippen molar-refractivity contribution in [2.45, 2.75) is 18.7 Å². The number of hydrogen-bond acceptors (Lipinski definition) is 5. The molecule has 1 aromatic carbocycles. The molecule has 0 bridgehead atoms. The molecule has 0 N–H and O–H groups in total. The molecule has 0 aromatic heterocycles. The molecular weight excluding hydrogens is 377 g/mol. The van der Waals surface area contributed by atoms with Gasteiger partial charge in [-0.1, -0.05) is 37.0 Å². The molecular formula is C15H19Cl2NO5S. The Morgan fingerprint density at radius 2 is 1.88 bits per heavy atom. The summed E-state index contributed by atoms with van der Waals surface area (Å²) in [6.45, 7) is 5.09. The number of halogens is 2. The van der Waals surface area contributed by atoms with Gasteiger partial charge < -0.3 is 9.47 Å². The Morgan fingerprint density at radius 1 is 1.25 bits per heavy atom. The van der Waals surface area contributed by atoms with E-state index in [0.29, 0.717) is 13.2 Å². The number of morpholine rings is 1. The molecule has 0 atom stereocenters. The van der Waals surface area contributed by atoms with E-state index in [1.807, 2.05) is 13.8 Å². The zero-order chi connectivity index (χ0) is 17.9. The summed E-state index contributed by atoms with van der Waals surface area (Å²) in [6.07, 6.45) is 0. The van der Waals surface area contributed by atoms with Crippen LogP contribution < -0.4 is 0 Å². The van der Waals surface area contributed by atoms with Gasteiger partial charge in [-0.05, 0) is 18.1 Å². The van der Waals surface area contributed by atoms with E-state index in [1.54, 1.807) is 0 Å². The maximum absolute atomic E-state index is 12.8. The van der Waals surface area contributed by atoms with Crippen LogP contribution in [0.2, 0.25) is 10.0 Å². The van der Waals surface area contributed by atoms with Crippen molar-refractivity contribution in [3.8, 4) is 0 Å². The van der Waals surface area contributed by atoms with E-state index in [9.17, 15) is 13.2 Å². The summed E-state index contributed by atoms with van der Waals surface area (Å²) in [7, 11) is -3.84. The van der Waals surface area contributed by atoms with Crippen LogP contribution in [0.5, 0.6) is 0 Å². The van der Waals surface area contributed by atoms with Crippen LogP contribution in [0.1, 0.15) is 24.2 Å². The van der Waals surface area contributed by atoms with E-state index in [-0.39, 0.29) is 46.1 Å². The maximum atomic E-state index is 12.8. The van der Waals surface area contributed by atoms with Crippen LogP contribution in [-0.2, 0) is 19.5 Å². The van der Waals surface area contributed by atoms with E-state index in [1.165, 1.54) is 16.4 Å². The summed E-state index contributed by atoms with van der Waals surface area (Å²) < 4.78 is 37.1. The first-order chi connectivity index (χ1) is 11.2. The Bertz CT molecular complexity index is 715. The van der Waals surface area contributed by atoms with E-state index < -0.39 is 16.0 Å². The van der Waals surface area contributed by atoms with Crippen LogP contribution in [0, 0.1) is 5.92 Å². The lowest BCUT2D eigenvalue weighted by Gasteiger charge is -2.26. The highest BCUT2D eigenvalue weighted by atomic mass is 35.5. The van der Waals surface area contributed by atoms with Crippen molar-refractivity contribution in [1.29, 1.82) is 0 Å². The van der Waals surface area contributed by atoms with Crippen molar-refractivity contribution < 1.29 is 22.7 Å². The first-order valence-electron chi connectivity index (χ1n) is 7.47. The van der Waals surface area contributed by atoms with E-state index >= 15 is 0 Å². The van der Waals surface area contributed by atoms with Crippen molar-refractivity contribution >= 4 is 39.2 Å². The molecule has 1 fully saturated rings. The van der Waals surface area contributed by atoms with Crippen molar-refractivity contribution in [1.82, 2.24) is 4.31 Å². The van der Waals surface area contributed by atoms with Gasteiger partial charge in [0.15, 0.2) is 0 Å². The number of nitrogens with zero attached hydrogens (tertiary/aromatic N) is 1. The number of benzene rings is 1. The highest BCUT2D eigenvalue weighted by Gasteiger charge is 2.30. The summed E-state index contributed by atoms with van der Waals surface area (Å²) in [5.74, 6) is -0.527. The number of rotatable bonds is 5. The molecule has 2 rings (SSSR count). The van der Waals surface area contributed by atoms with Crippen molar-refractivity contribution in [2.75, 3.05) is 32.9 Å². The van der Waals surface area contributed by atoms with Crippen LogP contribution in [0.15, 0.2) is 17.0 Å². The fourth-order valence-corrected chi connectivity index (χ4v) is 4.36. The summed E-state index contributed by atoms with van der Waals surface area (Å²) in [4.78, 5) is 12.0. The first kappa shape index (κ1) is 19.5. The Morgan fingerprint density at radius 3 is 2.46 bits per heavy atom. The number of carbonyl (C=O) groups is 1. The minimum atomic E-state index is -3.84. The molecule has 1 aliphatic heterocycles. The van der Waals surface area contributed by atoms with Gasteiger partial charge in [0.25, 0.3) is 0 Å². The third-order valence-corrected chi connectivity index (χ3v) is 6.05. The van der Waals surface area contributed by atoms with Gasteiger partial charge in [0.05, 0.1) is 35.4 Å². The third kappa shape index (κ3) is 4.40. The van der Waals surface area contributed by atoms with Gasteiger partial charge in [-0.25, -0.2) is 13.2 Å². The topological polar surface area (TPSA) is 72.9 Å². The first-order valence-corrected chi connectivity index (χ1v) is 9.67. The minimum Gasteiger partial charge on any atom is -0.462 e. The van der Waals surface area contributed by atoms with E-state index in [2.05, 4.69) is 0 Å². The number of ether oxygens (including phenoxy) is 2. The quantitative estimate of drug-likeness (QED) is 0.716. The second-order valence-electron chi connectivity index (χ2n) is 5.77. The van der Waals surface area contributed by atoms with Gasteiger partial charge in [0.2, 0.25) is 10.0 Å². The molecule has 0 saturated carbocycles. The molecule has 0 spiro atoms. The molecule has 0 amide bonds. The predicted octanol–water partition coefficient (Wildman–Crippen LogP) is 2.83. The van der Waals surface area contributed by atoms with Crippen LogP contribution in [0.25, 0.3) is 0 Å². The molecule has 1 saturated heterocycles. The molecule has 24 heavy (non-hydrogen) atoms. The Hall–Kier alpha value is -0.860. The molecule has 6 nitrogen and oxygen atoms in total. The van der Waals surface area contributed by atoms with Crippen LogP contribution in [-0.4, -0.2) is 51.6 Å². The highest BCUT2D eigenvalue weighted by Crippen LogP contribution is 2.31. The summed E-state index contributed by atoms with van der Waals surface area (Å²) in [6, 6.07) is 2.43. The normalized spacial score (nSPS) is 16.4. The standard InChI is InChI=1S/C15H19Cl2NO5S/c1-10(2)9-23-15(19)11-7-14(13(17)8-12(11)16)24(20,21)18-3-5-22-6-4-18/h7-8,10H,3-6,9H2,1-2H3. The maximum Gasteiger partial charge on any atom is 0.339 e. The number of hydrogen-bond donors (Lipinski definition) is 0. The fourth-order valence-electron chi connectivity index (χ4n) is 2.13. The smallest absolute Gasteiger partial charge is 0.339 e. The molecule has 1 aromatic rings. The van der Waals surface area contributed by atoms with Gasteiger partial charge in [-0.15, -0.1) is 0 Å². The summed E-state index contributed by atoms with van der Waals surface area (Å²) in [5.41, 5.74) is -0.0199. The van der Waals surface area contributed by atoms with Crippen LogP contribution in [0.4, 0.5) is 0 Å². The van der Waals surface area contributed by atoms with Crippen LogP contribution in [0.3, 0.4) is 0 Å². The zero-order valence-corrected chi connectivity index (χ0v) is 15.7. The molecule has 0 aliphatic carbocycles. The van der Waals surface area contributed by atoms with E-state index in [0.717, 1.165) is 0 Å².